The minimum Gasteiger partial charge on any atom is -0.277 e. The number of nitrogens with zero attached hydrogens (tertiary/aromatic N) is 2. The molecular weight excluding hydrogens is 340 g/mol. The Hall–Kier alpha value is -2.37. The average Bonchev–Trinajstić information content (AvgIpc) is 2.65. The van der Waals surface area contributed by atoms with Crippen molar-refractivity contribution in [3.05, 3.63) is 34.6 Å². The van der Waals surface area contributed by atoms with Crippen LogP contribution in [-0.4, -0.2) is 15.5 Å². The summed E-state index contributed by atoms with van der Waals surface area (Å²) in [6.45, 7) is 2.40. The largest absolute Gasteiger partial charge is 0.277 e. The lowest BCUT2D eigenvalue weighted by molar-refractivity contribution is -0.145. The minimum absolute atomic E-state index is 0.0756. The zero-order valence-electron chi connectivity index (χ0n) is 15.7. The first-order valence-electron chi connectivity index (χ1n) is 10.1. The third kappa shape index (κ3) is 2.65. The highest BCUT2D eigenvalue weighted by Gasteiger charge is 2.54. The van der Waals surface area contributed by atoms with Crippen LogP contribution in [0.25, 0.3) is 10.9 Å². The highest BCUT2D eigenvalue weighted by atomic mass is 16.2. The predicted octanol–water partition coefficient (Wildman–Crippen LogP) is 3.08. The molecule has 6 heteroatoms. The van der Waals surface area contributed by atoms with Gasteiger partial charge < -0.3 is 0 Å². The van der Waals surface area contributed by atoms with Crippen molar-refractivity contribution in [2.24, 2.45) is 23.2 Å². The molecule has 6 rings (SSSR count). The summed E-state index contributed by atoms with van der Waals surface area (Å²) in [5.41, 5.74) is 6.21. The molecule has 1 amide bonds. The first kappa shape index (κ1) is 16.8. The van der Waals surface area contributed by atoms with Gasteiger partial charge in [0.15, 0.2) is 0 Å². The van der Waals surface area contributed by atoms with E-state index in [4.69, 9.17) is 0 Å². The number of carbonyl (C=O) groups is 1. The highest BCUT2D eigenvalue weighted by Crippen LogP contribution is 2.60. The summed E-state index contributed by atoms with van der Waals surface area (Å²) in [6, 6.07) is 7.31. The summed E-state index contributed by atoms with van der Waals surface area (Å²) < 4.78 is 1.57. The number of rotatable bonds is 4. The first-order valence-corrected chi connectivity index (χ1v) is 10.1. The van der Waals surface area contributed by atoms with Gasteiger partial charge in [-0.3, -0.25) is 25.0 Å². The van der Waals surface area contributed by atoms with Gasteiger partial charge in [0, 0.05) is 6.54 Å². The van der Waals surface area contributed by atoms with Crippen LogP contribution in [-0.2, 0) is 11.3 Å². The molecule has 0 aliphatic heterocycles. The third-order valence-corrected chi connectivity index (χ3v) is 6.99. The van der Waals surface area contributed by atoms with Gasteiger partial charge in [-0.2, -0.15) is 0 Å². The van der Waals surface area contributed by atoms with Gasteiger partial charge >= 0.3 is 0 Å². The molecule has 6 nitrogen and oxygen atoms in total. The Morgan fingerprint density at radius 2 is 1.78 bits per heavy atom. The number of benzene rings is 1. The summed E-state index contributed by atoms with van der Waals surface area (Å²) in [7, 11) is 0. The Bertz CT molecular complexity index is 929. The van der Waals surface area contributed by atoms with Gasteiger partial charge in [-0.25, -0.2) is 4.98 Å². The maximum Gasteiger partial charge on any atom is 0.262 e. The van der Waals surface area contributed by atoms with Crippen molar-refractivity contribution in [2.75, 3.05) is 5.43 Å². The summed E-state index contributed by atoms with van der Waals surface area (Å²) >= 11 is 0. The molecule has 0 saturated heterocycles. The Morgan fingerprint density at radius 3 is 2.41 bits per heavy atom. The second-order valence-electron chi connectivity index (χ2n) is 8.78. The molecule has 4 bridgehead atoms. The van der Waals surface area contributed by atoms with E-state index in [1.165, 1.54) is 19.3 Å². The van der Waals surface area contributed by atoms with Crippen LogP contribution in [0.4, 0.5) is 5.95 Å². The van der Waals surface area contributed by atoms with E-state index in [0.717, 1.165) is 37.0 Å². The molecule has 4 aliphatic rings. The van der Waals surface area contributed by atoms with Crippen molar-refractivity contribution in [2.45, 2.75) is 52.0 Å². The van der Waals surface area contributed by atoms with Crippen molar-refractivity contribution in [3.63, 3.8) is 0 Å². The van der Waals surface area contributed by atoms with E-state index in [1.807, 2.05) is 25.1 Å². The second-order valence-corrected chi connectivity index (χ2v) is 8.78. The Labute approximate surface area is 158 Å². The van der Waals surface area contributed by atoms with Crippen LogP contribution < -0.4 is 16.4 Å². The van der Waals surface area contributed by atoms with Gasteiger partial charge in [0.25, 0.3) is 5.56 Å². The van der Waals surface area contributed by atoms with Crippen molar-refractivity contribution < 1.29 is 4.79 Å². The predicted molar refractivity (Wildman–Crippen MR) is 104 cm³/mol. The van der Waals surface area contributed by atoms with Gasteiger partial charge in [0.2, 0.25) is 11.9 Å². The molecule has 4 saturated carbocycles. The number of carbonyl (C=O) groups excluding carboxylic acids is 1. The maximum atomic E-state index is 13.1. The maximum absolute atomic E-state index is 13.1. The van der Waals surface area contributed by atoms with Crippen molar-refractivity contribution in [3.8, 4) is 0 Å². The second kappa shape index (κ2) is 6.08. The first-order chi connectivity index (χ1) is 13.1. The number of para-hydroxylation sites is 1. The highest BCUT2D eigenvalue weighted by molar-refractivity contribution is 5.84. The van der Waals surface area contributed by atoms with Crippen LogP contribution in [0.15, 0.2) is 29.1 Å². The van der Waals surface area contributed by atoms with Crippen molar-refractivity contribution in [1.82, 2.24) is 15.0 Å². The van der Waals surface area contributed by atoms with Crippen molar-refractivity contribution in [1.29, 1.82) is 0 Å². The molecule has 4 fully saturated rings. The minimum atomic E-state index is -0.226. The molecule has 0 radical (unpaired) electrons. The molecule has 1 aromatic carbocycles. The number of amides is 1. The molecule has 2 N–H and O–H groups in total. The fourth-order valence-electron chi connectivity index (χ4n) is 6.19. The quantitative estimate of drug-likeness (QED) is 0.816. The molecule has 27 heavy (non-hydrogen) atoms. The van der Waals surface area contributed by atoms with E-state index in [-0.39, 0.29) is 16.9 Å². The SMILES string of the molecule is CCn1c(NNC(=O)C23CC4CC(CC(C4)C2)C3)nc2ccccc2c1=O. The van der Waals surface area contributed by atoms with Crippen LogP contribution in [0.2, 0.25) is 0 Å². The zero-order valence-corrected chi connectivity index (χ0v) is 15.7. The number of hydrogen-bond acceptors (Lipinski definition) is 4. The zero-order chi connectivity index (χ0) is 18.6. The molecule has 0 spiro atoms. The molecule has 2 aromatic rings. The lowest BCUT2D eigenvalue weighted by Gasteiger charge is -2.55. The summed E-state index contributed by atoms with van der Waals surface area (Å²) in [4.78, 5) is 30.4. The molecule has 142 valence electrons. The van der Waals surface area contributed by atoms with Gasteiger partial charge in [-0.15, -0.1) is 0 Å². The molecule has 4 aliphatic carbocycles. The number of aromatic nitrogens is 2. The van der Waals surface area contributed by atoms with Gasteiger partial charge in [-0.1, -0.05) is 12.1 Å². The standard InChI is InChI=1S/C21H26N4O2/c1-2-25-18(26)16-5-3-4-6-17(16)22-20(25)24-23-19(27)21-10-13-7-14(11-21)9-15(8-13)12-21/h3-6,13-15H,2,7-12H2,1H3,(H,22,24)(H,23,27). The van der Waals surface area contributed by atoms with E-state index >= 15 is 0 Å². The van der Waals surface area contributed by atoms with Gasteiger partial charge in [-0.05, 0) is 75.3 Å². The normalized spacial score (nSPS) is 31.2. The summed E-state index contributed by atoms with van der Waals surface area (Å²) in [5, 5.41) is 0.595. The lowest BCUT2D eigenvalue weighted by Crippen LogP contribution is -2.54. The lowest BCUT2D eigenvalue weighted by atomic mass is 9.49. The molecule has 0 unspecified atom stereocenters. The van der Waals surface area contributed by atoms with E-state index in [0.29, 0.717) is 23.4 Å². The fourth-order valence-corrected chi connectivity index (χ4v) is 6.19. The number of nitrogens with one attached hydrogen (secondary N) is 2. The molecule has 1 aromatic heterocycles. The average molecular weight is 366 g/mol. The van der Waals surface area contributed by atoms with Crippen LogP contribution in [0.5, 0.6) is 0 Å². The number of anilines is 1. The van der Waals surface area contributed by atoms with Crippen LogP contribution >= 0.6 is 0 Å². The smallest absolute Gasteiger partial charge is 0.262 e. The molecule has 0 atom stereocenters. The summed E-state index contributed by atoms with van der Waals surface area (Å²) in [5.74, 6) is 2.63. The van der Waals surface area contributed by atoms with Crippen LogP contribution in [0.3, 0.4) is 0 Å². The Balaban J connectivity index is 1.40. The third-order valence-electron chi connectivity index (χ3n) is 6.99. The topological polar surface area (TPSA) is 76.0 Å². The van der Waals surface area contributed by atoms with Gasteiger partial charge in [0.1, 0.15) is 0 Å². The fraction of sp³-hybridized carbons (Fsp3) is 0.571. The van der Waals surface area contributed by atoms with E-state index < -0.39 is 0 Å². The number of fused-ring (bicyclic) bond motifs is 1. The number of hydrazine groups is 1. The Morgan fingerprint density at radius 1 is 1.15 bits per heavy atom. The summed E-state index contributed by atoms with van der Waals surface area (Å²) in [6.07, 6.45) is 6.96. The Kier molecular flexibility index (Phi) is 3.78. The van der Waals surface area contributed by atoms with E-state index in [9.17, 15) is 9.59 Å². The van der Waals surface area contributed by atoms with Gasteiger partial charge in [0.05, 0.1) is 16.3 Å². The number of hydrogen-bond donors (Lipinski definition) is 2. The van der Waals surface area contributed by atoms with Crippen LogP contribution in [0.1, 0.15) is 45.4 Å². The molecule has 1 heterocycles. The van der Waals surface area contributed by atoms with Crippen LogP contribution in [0, 0.1) is 23.2 Å². The van der Waals surface area contributed by atoms with E-state index in [2.05, 4.69) is 15.8 Å². The molecular formula is C21H26N4O2. The van der Waals surface area contributed by atoms with E-state index in [1.54, 1.807) is 10.6 Å². The monoisotopic (exact) mass is 366 g/mol. The van der Waals surface area contributed by atoms with Crippen molar-refractivity contribution >= 4 is 22.8 Å².